The predicted molar refractivity (Wildman–Crippen MR) is 153 cm³/mol. The second-order valence-corrected chi connectivity index (χ2v) is 12.5. The van der Waals surface area contributed by atoms with Gasteiger partial charge in [-0.2, -0.15) is 0 Å². The van der Waals surface area contributed by atoms with Gasteiger partial charge < -0.3 is 33.2 Å². The number of methoxy groups -OCH3 is 1. The second kappa shape index (κ2) is 14.6. The van der Waals surface area contributed by atoms with Gasteiger partial charge in [0.15, 0.2) is 11.5 Å². The summed E-state index contributed by atoms with van der Waals surface area (Å²) >= 11 is 0. The molecule has 218 valence electrons. The molecular weight excluding hydrogens is 519 g/mol. The zero-order valence-electron chi connectivity index (χ0n) is 23.8. The van der Waals surface area contributed by atoms with Crippen LogP contribution < -0.4 is 9.47 Å². The lowest BCUT2D eigenvalue weighted by Crippen LogP contribution is -2.47. The molecule has 1 amide bonds. The third-order valence-corrected chi connectivity index (χ3v) is 9.69. The van der Waals surface area contributed by atoms with E-state index >= 15 is 0 Å². The summed E-state index contributed by atoms with van der Waals surface area (Å²) in [6.45, 7) is 11.7. The first kappa shape index (κ1) is 30.0. The fourth-order valence-electron chi connectivity index (χ4n) is 5.48. The van der Waals surface area contributed by atoms with Crippen LogP contribution in [0.4, 0.5) is 5.69 Å². The van der Waals surface area contributed by atoms with Crippen LogP contribution in [0.25, 0.3) is 0 Å². The van der Waals surface area contributed by atoms with Crippen molar-refractivity contribution in [1.82, 2.24) is 14.7 Å². The number of benzene rings is 1. The number of nitrogens with zero attached hydrogens (tertiary/aromatic N) is 4. The van der Waals surface area contributed by atoms with E-state index in [-0.39, 0.29) is 11.9 Å². The van der Waals surface area contributed by atoms with Crippen LogP contribution in [-0.4, -0.2) is 112 Å². The summed E-state index contributed by atoms with van der Waals surface area (Å²) in [5.41, 5.74) is 1.24. The SMILES string of the molecule is CCOP(=O)(CCN1CCN(CCCCCOc2cc3c(cc2OC)C(=O)N2CCC[C@H]2C=N3)CC1)OCC. The Kier molecular flexibility index (Phi) is 11.2. The fraction of sp³-hybridized carbons (Fsp3) is 0.714. The average Bonchev–Trinajstić information content (AvgIpc) is 3.37. The first-order valence-corrected chi connectivity index (χ1v) is 16.2. The molecule has 0 aliphatic carbocycles. The van der Waals surface area contributed by atoms with Crippen molar-refractivity contribution in [1.29, 1.82) is 0 Å². The minimum atomic E-state index is -2.97. The normalized spacial score (nSPS) is 20.1. The van der Waals surface area contributed by atoms with Crippen LogP contribution in [0.5, 0.6) is 11.5 Å². The Morgan fingerprint density at radius 1 is 0.949 bits per heavy atom. The molecule has 0 bridgehead atoms. The van der Waals surface area contributed by atoms with Crippen molar-refractivity contribution in [2.24, 2.45) is 4.99 Å². The van der Waals surface area contributed by atoms with Crippen LogP contribution in [0.3, 0.4) is 0 Å². The van der Waals surface area contributed by atoms with Crippen molar-refractivity contribution in [2.45, 2.75) is 52.0 Å². The van der Waals surface area contributed by atoms with Crippen LogP contribution in [0.2, 0.25) is 0 Å². The molecule has 0 spiro atoms. The molecule has 1 aromatic rings. The highest BCUT2D eigenvalue weighted by atomic mass is 31.2. The van der Waals surface area contributed by atoms with Crippen molar-refractivity contribution in [2.75, 3.05) is 78.9 Å². The standard InChI is InChI=1S/C28H45N4O6P/c1-4-37-39(34,38-5-2)19-17-31-15-13-30(14-16-31)11-7-6-8-18-36-27-21-25-24(20-26(27)35-3)28(33)32-12-9-10-23(32)22-29-25/h20-23H,4-19H2,1-3H3/t23-/m0/s1. The monoisotopic (exact) mass is 564 g/mol. The lowest BCUT2D eigenvalue weighted by Gasteiger charge is -2.35. The summed E-state index contributed by atoms with van der Waals surface area (Å²) in [6, 6.07) is 3.70. The quantitative estimate of drug-likeness (QED) is 0.228. The molecule has 4 rings (SSSR count). The third kappa shape index (κ3) is 8.04. The summed E-state index contributed by atoms with van der Waals surface area (Å²) in [5, 5.41) is 0. The van der Waals surface area contributed by atoms with Gasteiger partial charge in [0.1, 0.15) is 0 Å². The number of fused-ring (bicyclic) bond motifs is 2. The van der Waals surface area contributed by atoms with E-state index in [0.717, 1.165) is 77.9 Å². The van der Waals surface area contributed by atoms with Crippen molar-refractivity contribution in [3.63, 3.8) is 0 Å². The summed E-state index contributed by atoms with van der Waals surface area (Å²) < 4.78 is 35.1. The van der Waals surface area contributed by atoms with Crippen LogP contribution in [0.15, 0.2) is 17.1 Å². The number of aliphatic imine (C=N–C) groups is 1. The maximum Gasteiger partial charge on any atom is 0.331 e. The molecule has 0 unspecified atom stereocenters. The molecule has 0 N–H and O–H groups in total. The maximum absolute atomic E-state index is 13.0. The van der Waals surface area contributed by atoms with Crippen molar-refractivity contribution in [3.05, 3.63) is 17.7 Å². The Morgan fingerprint density at radius 3 is 2.36 bits per heavy atom. The smallest absolute Gasteiger partial charge is 0.331 e. The molecule has 3 heterocycles. The number of carbonyl (C=O) groups is 1. The number of hydrogen-bond acceptors (Lipinski definition) is 9. The summed E-state index contributed by atoms with van der Waals surface area (Å²) in [7, 11) is -1.37. The Hall–Kier alpha value is -1.97. The third-order valence-electron chi connectivity index (χ3n) is 7.64. The van der Waals surface area contributed by atoms with Gasteiger partial charge in [0.05, 0.1) is 50.4 Å². The van der Waals surface area contributed by atoms with E-state index in [4.69, 9.17) is 18.5 Å². The van der Waals surface area contributed by atoms with Crippen LogP contribution in [0, 0.1) is 0 Å². The Balaban J connectivity index is 1.15. The molecule has 1 aromatic carbocycles. The van der Waals surface area contributed by atoms with Gasteiger partial charge in [-0.1, -0.05) is 0 Å². The molecule has 3 aliphatic rings. The van der Waals surface area contributed by atoms with E-state index in [0.29, 0.717) is 48.7 Å². The highest BCUT2D eigenvalue weighted by Crippen LogP contribution is 2.47. The molecule has 2 fully saturated rings. The van der Waals surface area contributed by atoms with E-state index in [1.54, 1.807) is 13.2 Å². The van der Waals surface area contributed by atoms with Gasteiger partial charge in [0, 0.05) is 51.5 Å². The van der Waals surface area contributed by atoms with Crippen molar-refractivity contribution < 1.29 is 27.9 Å². The molecule has 0 radical (unpaired) electrons. The molecule has 3 aliphatic heterocycles. The Morgan fingerprint density at radius 2 is 1.67 bits per heavy atom. The summed E-state index contributed by atoms with van der Waals surface area (Å²) in [6.07, 6.45) is 7.46. The number of ether oxygens (including phenoxy) is 2. The topological polar surface area (TPSA) is 93.1 Å². The molecule has 0 aromatic heterocycles. The lowest BCUT2D eigenvalue weighted by atomic mass is 10.1. The van der Waals surface area contributed by atoms with Crippen molar-refractivity contribution in [3.8, 4) is 11.5 Å². The first-order chi connectivity index (χ1) is 19.0. The van der Waals surface area contributed by atoms with Crippen LogP contribution in [0.1, 0.15) is 56.3 Å². The number of amides is 1. The lowest BCUT2D eigenvalue weighted by molar-refractivity contribution is 0.0774. The molecule has 0 saturated carbocycles. The number of piperazine rings is 1. The molecule has 39 heavy (non-hydrogen) atoms. The number of hydrogen-bond donors (Lipinski definition) is 0. The van der Waals surface area contributed by atoms with E-state index in [2.05, 4.69) is 14.8 Å². The zero-order valence-corrected chi connectivity index (χ0v) is 24.7. The average molecular weight is 565 g/mol. The summed E-state index contributed by atoms with van der Waals surface area (Å²) in [5.74, 6) is 1.23. The first-order valence-electron chi connectivity index (χ1n) is 14.5. The van der Waals surface area contributed by atoms with Gasteiger partial charge >= 0.3 is 7.60 Å². The van der Waals surface area contributed by atoms with E-state index in [1.807, 2.05) is 31.0 Å². The van der Waals surface area contributed by atoms with E-state index < -0.39 is 7.60 Å². The minimum absolute atomic E-state index is 0.0201. The van der Waals surface area contributed by atoms with Crippen molar-refractivity contribution >= 4 is 25.4 Å². The highest BCUT2D eigenvalue weighted by Gasteiger charge is 2.32. The number of rotatable bonds is 15. The molecule has 11 heteroatoms. The van der Waals surface area contributed by atoms with E-state index in [9.17, 15) is 9.36 Å². The zero-order chi connectivity index (χ0) is 27.7. The Labute approximate surface area is 233 Å². The molecule has 1 atom stereocenters. The Bertz CT molecular complexity index is 1020. The predicted octanol–water partition coefficient (Wildman–Crippen LogP) is 4.45. The van der Waals surface area contributed by atoms with E-state index in [1.165, 1.54) is 0 Å². The molecular formula is C28H45N4O6P. The van der Waals surface area contributed by atoms with Crippen LogP contribution >= 0.6 is 7.60 Å². The largest absolute Gasteiger partial charge is 0.493 e. The van der Waals surface area contributed by atoms with Gasteiger partial charge in [-0.05, 0) is 58.6 Å². The molecule has 10 nitrogen and oxygen atoms in total. The number of unbranched alkanes of at least 4 members (excludes halogenated alkanes) is 2. The van der Waals surface area contributed by atoms with Gasteiger partial charge in [-0.15, -0.1) is 0 Å². The van der Waals surface area contributed by atoms with Crippen LogP contribution in [-0.2, 0) is 13.6 Å². The fourth-order valence-corrected chi connectivity index (χ4v) is 7.12. The van der Waals surface area contributed by atoms with Gasteiger partial charge in [0.25, 0.3) is 5.91 Å². The maximum atomic E-state index is 13.0. The summed E-state index contributed by atoms with van der Waals surface area (Å²) in [4.78, 5) is 24.4. The van der Waals surface area contributed by atoms with Gasteiger partial charge in [-0.3, -0.25) is 14.4 Å². The van der Waals surface area contributed by atoms with Gasteiger partial charge in [0.2, 0.25) is 0 Å². The minimum Gasteiger partial charge on any atom is -0.493 e. The highest BCUT2D eigenvalue weighted by molar-refractivity contribution is 7.53. The van der Waals surface area contributed by atoms with Gasteiger partial charge in [-0.25, -0.2) is 0 Å². The molecule has 2 saturated heterocycles. The second-order valence-electron chi connectivity index (χ2n) is 10.3. The number of carbonyl (C=O) groups excluding carboxylic acids is 1.